The van der Waals surface area contributed by atoms with E-state index >= 15 is 4.39 Å². The molecule has 4 aromatic rings. The van der Waals surface area contributed by atoms with E-state index in [0.29, 0.717) is 48.8 Å². The fraction of sp³-hybridized carbons (Fsp3) is 0.385. The first-order valence-corrected chi connectivity index (χ1v) is 12.5. The normalized spacial score (nSPS) is 14.7. The topological polar surface area (TPSA) is 150 Å². The summed E-state index contributed by atoms with van der Waals surface area (Å²) in [6.45, 7) is 8.80. The quantitative estimate of drug-likeness (QED) is 0.271. The molecule has 4 heterocycles. The molecule has 0 bridgehead atoms. The molecule has 1 aliphatic rings. The van der Waals surface area contributed by atoms with Gasteiger partial charge in [0.05, 0.1) is 30.6 Å². The molecule has 1 saturated heterocycles. The second kappa shape index (κ2) is 9.89. The maximum absolute atomic E-state index is 15.0. The molecular formula is C26H29F2N7O5. The first-order chi connectivity index (χ1) is 18.7. The third-order valence-electron chi connectivity index (χ3n) is 6.52. The van der Waals surface area contributed by atoms with Crippen molar-refractivity contribution in [1.82, 2.24) is 24.4 Å². The number of fused-ring (bicyclic) bond motifs is 1. The van der Waals surface area contributed by atoms with E-state index in [1.165, 1.54) is 16.6 Å². The van der Waals surface area contributed by atoms with E-state index in [9.17, 15) is 24.5 Å². The van der Waals surface area contributed by atoms with E-state index in [0.717, 1.165) is 10.9 Å². The first kappa shape index (κ1) is 27.6. The number of aryl methyl sites for hydroxylation is 1. The van der Waals surface area contributed by atoms with Crippen LogP contribution in [-0.4, -0.2) is 71.9 Å². The summed E-state index contributed by atoms with van der Waals surface area (Å²) in [6.07, 6.45) is 1.10. The van der Waals surface area contributed by atoms with E-state index in [1.807, 2.05) is 4.90 Å². The highest BCUT2D eigenvalue weighted by molar-refractivity contribution is 6.04. The molecule has 1 amide bonds. The standard InChI is InChI=1S/C26H29F2N7O5/c1-14-9-18(27)19(30-23(36)17-13-29-35(22(17)28)25(2,3)4)12-16(14)15-10-20-31-24(26(37,38)39)32-34(20)21(11-15)33-5-7-40-8-6-33/h9-13,37-39H,5-8H2,1-4H3,(H,30,36). The van der Waals surface area contributed by atoms with Crippen LogP contribution in [-0.2, 0) is 16.2 Å². The fourth-order valence-corrected chi connectivity index (χ4v) is 4.51. The van der Waals surface area contributed by atoms with Gasteiger partial charge in [0.15, 0.2) is 5.65 Å². The number of aliphatic hydroxyl groups is 3. The average Bonchev–Trinajstić information content (AvgIpc) is 3.49. The van der Waals surface area contributed by atoms with Crippen LogP contribution in [0.1, 0.15) is 42.5 Å². The molecule has 1 fully saturated rings. The van der Waals surface area contributed by atoms with Crippen molar-refractivity contribution < 1.29 is 33.6 Å². The number of aromatic nitrogens is 5. The third-order valence-corrected chi connectivity index (χ3v) is 6.52. The summed E-state index contributed by atoms with van der Waals surface area (Å²) in [5, 5.41) is 39.4. The highest BCUT2D eigenvalue weighted by Crippen LogP contribution is 2.33. The summed E-state index contributed by atoms with van der Waals surface area (Å²) in [5.41, 5.74) is 0.568. The van der Waals surface area contributed by atoms with Gasteiger partial charge in [-0.25, -0.2) is 14.1 Å². The monoisotopic (exact) mass is 557 g/mol. The number of anilines is 2. The molecule has 14 heteroatoms. The van der Waals surface area contributed by atoms with Gasteiger partial charge in [-0.05, 0) is 68.7 Å². The largest absolute Gasteiger partial charge is 0.378 e. The highest BCUT2D eigenvalue weighted by atomic mass is 19.1. The van der Waals surface area contributed by atoms with Crippen molar-refractivity contribution in [2.24, 2.45) is 0 Å². The van der Waals surface area contributed by atoms with Gasteiger partial charge < -0.3 is 30.3 Å². The van der Waals surface area contributed by atoms with Gasteiger partial charge in [-0.15, -0.1) is 5.10 Å². The zero-order valence-electron chi connectivity index (χ0n) is 22.3. The van der Waals surface area contributed by atoms with Crippen LogP contribution in [0, 0.1) is 18.7 Å². The Morgan fingerprint density at radius 3 is 2.40 bits per heavy atom. The lowest BCUT2D eigenvalue weighted by molar-refractivity contribution is -0.328. The van der Waals surface area contributed by atoms with Crippen LogP contribution in [0.25, 0.3) is 16.8 Å². The summed E-state index contributed by atoms with van der Waals surface area (Å²) in [5.74, 6) is -5.78. The van der Waals surface area contributed by atoms with Crippen LogP contribution in [0.15, 0.2) is 30.5 Å². The molecule has 0 atom stereocenters. The number of morpholine rings is 1. The Balaban J connectivity index is 1.57. The minimum absolute atomic E-state index is 0.177. The van der Waals surface area contributed by atoms with Crippen LogP contribution < -0.4 is 10.2 Å². The van der Waals surface area contributed by atoms with Gasteiger partial charge in [-0.2, -0.15) is 14.0 Å². The molecule has 1 aromatic carbocycles. The highest BCUT2D eigenvalue weighted by Gasteiger charge is 2.30. The van der Waals surface area contributed by atoms with Crippen LogP contribution in [0.2, 0.25) is 0 Å². The van der Waals surface area contributed by atoms with Gasteiger partial charge in [0.1, 0.15) is 17.2 Å². The van der Waals surface area contributed by atoms with Crippen molar-refractivity contribution in [3.63, 3.8) is 0 Å². The number of amides is 1. The average molecular weight is 558 g/mol. The van der Waals surface area contributed by atoms with Crippen molar-refractivity contribution in [3.05, 3.63) is 59.2 Å². The lowest BCUT2D eigenvalue weighted by Gasteiger charge is -2.29. The lowest BCUT2D eigenvalue weighted by Crippen LogP contribution is -2.37. The Labute approximate surface area is 227 Å². The van der Waals surface area contributed by atoms with Gasteiger partial charge in [-0.3, -0.25) is 4.79 Å². The number of rotatable bonds is 5. The number of benzene rings is 1. The van der Waals surface area contributed by atoms with E-state index in [1.54, 1.807) is 39.8 Å². The minimum atomic E-state index is -3.26. The molecule has 40 heavy (non-hydrogen) atoms. The van der Waals surface area contributed by atoms with Gasteiger partial charge >= 0.3 is 5.97 Å². The Morgan fingerprint density at radius 1 is 1.07 bits per heavy atom. The Bertz CT molecular complexity index is 1600. The second-order valence-corrected chi connectivity index (χ2v) is 10.6. The van der Waals surface area contributed by atoms with E-state index in [2.05, 4.69) is 20.5 Å². The molecule has 0 radical (unpaired) electrons. The summed E-state index contributed by atoms with van der Waals surface area (Å²) in [7, 11) is 0. The SMILES string of the molecule is Cc1cc(F)c(NC(=O)c2cnn(C(C)(C)C)c2F)cc1-c1cc(N2CCOCC2)n2nc(C(O)(O)O)nc2c1. The van der Waals surface area contributed by atoms with Crippen molar-refractivity contribution >= 4 is 23.1 Å². The Kier molecular flexibility index (Phi) is 6.82. The zero-order chi connectivity index (χ0) is 29.0. The van der Waals surface area contributed by atoms with E-state index in [-0.39, 0.29) is 16.9 Å². The predicted molar refractivity (Wildman–Crippen MR) is 140 cm³/mol. The van der Waals surface area contributed by atoms with Gasteiger partial charge in [0.25, 0.3) is 5.91 Å². The molecule has 4 N–H and O–H groups in total. The van der Waals surface area contributed by atoms with Gasteiger partial charge in [0.2, 0.25) is 11.8 Å². The van der Waals surface area contributed by atoms with Crippen LogP contribution in [0.5, 0.6) is 0 Å². The minimum Gasteiger partial charge on any atom is -0.378 e. The molecule has 212 valence electrons. The number of carbonyl (C=O) groups excluding carboxylic acids is 1. The van der Waals surface area contributed by atoms with Crippen molar-refractivity contribution in [2.45, 2.75) is 39.2 Å². The smallest absolute Gasteiger partial charge is 0.342 e. The third kappa shape index (κ3) is 5.13. The van der Waals surface area contributed by atoms with Crippen LogP contribution in [0.4, 0.5) is 20.3 Å². The molecule has 0 spiro atoms. The number of ether oxygens (including phenoxy) is 1. The first-order valence-electron chi connectivity index (χ1n) is 12.5. The molecule has 1 aliphatic heterocycles. The zero-order valence-corrected chi connectivity index (χ0v) is 22.3. The molecular weight excluding hydrogens is 528 g/mol. The Hall–Kier alpha value is -3.98. The van der Waals surface area contributed by atoms with Crippen molar-refractivity contribution in [3.8, 4) is 11.1 Å². The number of nitrogens with zero attached hydrogens (tertiary/aromatic N) is 6. The molecule has 0 saturated carbocycles. The number of carbonyl (C=O) groups is 1. The molecule has 0 aliphatic carbocycles. The number of halogens is 2. The number of hydrogen-bond donors (Lipinski definition) is 4. The number of hydrogen-bond acceptors (Lipinski definition) is 9. The van der Waals surface area contributed by atoms with Crippen molar-refractivity contribution in [1.29, 1.82) is 0 Å². The van der Waals surface area contributed by atoms with Crippen LogP contribution >= 0.6 is 0 Å². The number of pyridine rings is 1. The maximum Gasteiger partial charge on any atom is 0.342 e. The summed E-state index contributed by atoms with van der Waals surface area (Å²) < 4.78 is 37.8. The van der Waals surface area contributed by atoms with Gasteiger partial charge in [-0.1, -0.05) is 0 Å². The molecule has 5 rings (SSSR count). The van der Waals surface area contributed by atoms with Crippen LogP contribution in [0.3, 0.4) is 0 Å². The molecule has 12 nitrogen and oxygen atoms in total. The summed E-state index contributed by atoms with van der Waals surface area (Å²) >= 11 is 0. The maximum atomic E-state index is 15.0. The van der Waals surface area contributed by atoms with Gasteiger partial charge in [0, 0.05) is 13.1 Å². The van der Waals surface area contributed by atoms with E-state index in [4.69, 9.17) is 4.74 Å². The molecule has 0 unspecified atom stereocenters. The second-order valence-electron chi connectivity index (χ2n) is 10.6. The van der Waals surface area contributed by atoms with E-state index < -0.39 is 35.0 Å². The predicted octanol–water partition coefficient (Wildman–Crippen LogP) is 2.11. The fourth-order valence-electron chi connectivity index (χ4n) is 4.51. The summed E-state index contributed by atoms with van der Waals surface area (Å²) in [6, 6.07) is 6.00. The van der Waals surface area contributed by atoms with Crippen molar-refractivity contribution in [2.75, 3.05) is 36.5 Å². The lowest BCUT2D eigenvalue weighted by atomic mass is 9.99. The Morgan fingerprint density at radius 2 is 1.77 bits per heavy atom. The number of nitrogens with one attached hydrogen (secondary N) is 1. The summed E-state index contributed by atoms with van der Waals surface area (Å²) in [4.78, 5) is 18.9. The molecule has 3 aromatic heterocycles.